The maximum Gasteiger partial charge on any atom is 0.342 e. The van der Waals surface area contributed by atoms with Crippen LogP contribution in [0.4, 0.5) is 4.39 Å². The first kappa shape index (κ1) is 15.3. The molecular formula is C15H13ClFNO3. The highest BCUT2D eigenvalue weighted by atomic mass is 35.5. The SMILES string of the molecule is COC(=O)c1c(Cc2cc(Cl)ccc2F)cncc1OC. The van der Waals surface area contributed by atoms with E-state index in [4.69, 9.17) is 21.1 Å². The largest absolute Gasteiger partial charge is 0.494 e. The second-order valence-electron chi connectivity index (χ2n) is 4.28. The van der Waals surface area contributed by atoms with E-state index in [0.29, 0.717) is 16.1 Å². The minimum Gasteiger partial charge on any atom is -0.494 e. The van der Waals surface area contributed by atoms with Crippen molar-refractivity contribution in [2.75, 3.05) is 14.2 Å². The van der Waals surface area contributed by atoms with Crippen molar-refractivity contribution in [2.24, 2.45) is 0 Å². The Balaban J connectivity index is 2.49. The number of ether oxygens (including phenoxy) is 2. The molecule has 4 nitrogen and oxygen atoms in total. The van der Waals surface area contributed by atoms with Crippen LogP contribution < -0.4 is 4.74 Å². The van der Waals surface area contributed by atoms with Crippen molar-refractivity contribution >= 4 is 17.6 Å². The molecule has 0 aliphatic rings. The molecule has 0 aliphatic heterocycles. The highest BCUT2D eigenvalue weighted by Crippen LogP contribution is 2.25. The van der Waals surface area contributed by atoms with Gasteiger partial charge in [0.25, 0.3) is 0 Å². The predicted octanol–water partition coefficient (Wildman–Crippen LogP) is 3.26. The third-order valence-corrected chi connectivity index (χ3v) is 3.22. The van der Waals surface area contributed by atoms with E-state index < -0.39 is 11.8 Å². The lowest BCUT2D eigenvalue weighted by atomic mass is 10.0. The summed E-state index contributed by atoms with van der Waals surface area (Å²) in [5.74, 6) is -0.688. The van der Waals surface area contributed by atoms with Crippen molar-refractivity contribution in [1.82, 2.24) is 4.98 Å². The van der Waals surface area contributed by atoms with Gasteiger partial charge in [-0.2, -0.15) is 0 Å². The molecule has 0 N–H and O–H groups in total. The van der Waals surface area contributed by atoms with Gasteiger partial charge in [0.15, 0.2) is 5.75 Å². The van der Waals surface area contributed by atoms with Crippen LogP contribution in [0.1, 0.15) is 21.5 Å². The molecule has 6 heteroatoms. The van der Waals surface area contributed by atoms with E-state index in [9.17, 15) is 9.18 Å². The smallest absolute Gasteiger partial charge is 0.342 e. The van der Waals surface area contributed by atoms with E-state index >= 15 is 0 Å². The molecule has 1 aromatic heterocycles. The van der Waals surface area contributed by atoms with Crippen LogP contribution in [0.5, 0.6) is 5.75 Å². The van der Waals surface area contributed by atoms with Crippen molar-refractivity contribution in [3.8, 4) is 5.75 Å². The molecule has 0 saturated heterocycles. The Morgan fingerprint density at radius 2 is 2.05 bits per heavy atom. The second kappa shape index (κ2) is 6.54. The van der Waals surface area contributed by atoms with E-state index in [1.165, 1.54) is 44.8 Å². The van der Waals surface area contributed by atoms with Crippen LogP contribution in [-0.4, -0.2) is 25.2 Å². The summed E-state index contributed by atoms with van der Waals surface area (Å²) in [7, 11) is 2.69. The van der Waals surface area contributed by atoms with Gasteiger partial charge in [-0.05, 0) is 29.3 Å². The van der Waals surface area contributed by atoms with E-state index in [2.05, 4.69) is 4.98 Å². The number of carbonyl (C=O) groups excluding carboxylic acids is 1. The summed E-state index contributed by atoms with van der Waals surface area (Å²) in [5.41, 5.74) is 1.10. The molecule has 0 unspecified atom stereocenters. The molecular weight excluding hydrogens is 297 g/mol. The first-order chi connectivity index (χ1) is 10.1. The lowest BCUT2D eigenvalue weighted by Crippen LogP contribution is -2.10. The Labute approximate surface area is 126 Å². The third-order valence-electron chi connectivity index (χ3n) is 2.99. The number of nitrogens with zero attached hydrogens (tertiary/aromatic N) is 1. The van der Waals surface area contributed by atoms with Crippen LogP contribution in [0.25, 0.3) is 0 Å². The Hall–Kier alpha value is -2.14. The normalized spacial score (nSPS) is 10.3. The van der Waals surface area contributed by atoms with Gasteiger partial charge in [-0.3, -0.25) is 4.98 Å². The summed E-state index contributed by atoms with van der Waals surface area (Å²) in [5, 5.41) is 0.418. The molecule has 110 valence electrons. The third kappa shape index (κ3) is 3.31. The first-order valence-electron chi connectivity index (χ1n) is 6.10. The Kier molecular flexibility index (Phi) is 4.75. The van der Waals surface area contributed by atoms with Gasteiger partial charge in [0.1, 0.15) is 11.4 Å². The van der Waals surface area contributed by atoms with Crippen LogP contribution in [-0.2, 0) is 11.2 Å². The Morgan fingerprint density at radius 3 is 2.71 bits per heavy atom. The number of methoxy groups -OCH3 is 2. The van der Waals surface area contributed by atoms with Gasteiger partial charge in [-0.15, -0.1) is 0 Å². The highest BCUT2D eigenvalue weighted by molar-refractivity contribution is 6.30. The van der Waals surface area contributed by atoms with E-state index in [0.717, 1.165) is 0 Å². The highest BCUT2D eigenvalue weighted by Gasteiger charge is 2.19. The summed E-state index contributed by atoms with van der Waals surface area (Å²) in [6, 6.07) is 4.26. The summed E-state index contributed by atoms with van der Waals surface area (Å²) >= 11 is 5.87. The van der Waals surface area contributed by atoms with E-state index in [-0.39, 0.29) is 17.7 Å². The summed E-state index contributed by atoms with van der Waals surface area (Å²) in [6.45, 7) is 0. The maximum atomic E-state index is 13.8. The number of benzene rings is 1. The Morgan fingerprint density at radius 1 is 1.29 bits per heavy atom. The topological polar surface area (TPSA) is 48.4 Å². The molecule has 1 aromatic carbocycles. The molecule has 0 saturated carbocycles. The van der Waals surface area contributed by atoms with Crippen molar-refractivity contribution < 1.29 is 18.7 Å². The number of halogens is 2. The van der Waals surface area contributed by atoms with Crippen LogP contribution in [0.3, 0.4) is 0 Å². The van der Waals surface area contributed by atoms with Gasteiger partial charge in [0, 0.05) is 17.6 Å². The predicted molar refractivity (Wildman–Crippen MR) is 76.3 cm³/mol. The summed E-state index contributed by atoms with van der Waals surface area (Å²) < 4.78 is 23.7. The molecule has 2 rings (SSSR count). The molecule has 0 spiro atoms. The average molecular weight is 310 g/mol. The van der Waals surface area contributed by atoms with Gasteiger partial charge in [0.2, 0.25) is 0 Å². The van der Waals surface area contributed by atoms with Crippen LogP contribution >= 0.6 is 11.6 Å². The molecule has 1 heterocycles. The van der Waals surface area contributed by atoms with Gasteiger partial charge in [0.05, 0.1) is 20.4 Å². The fraction of sp³-hybridized carbons (Fsp3) is 0.200. The fourth-order valence-corrected chi connectivity index (χ4v) is 2.18. The maximum absolute atomic E-state index is 13.8. The molecule has 0 amide bonds. The van der Waals surface area contributed by atoms with E-state index in [1.54, 1.807) is 0 Å². The number of hydrogen-bond acceptors (Lipinski definition) is 4. The summed E-state index contributed by atoms with van der Waals surface area (Å²) in [6.07, 6.45) is 3.04. The number of aromatic nitrogens is 1. The van der Waals surface area contributed by atoms with Crippen LogP contribution in [0.2, 0.25) is 5.02 Å². The standard InChI is InChI=1S/C15H13ClFNO3/c1-20-13-8-18-7-10(14(13)15(19)21-2)5-9-6-11(16)3-4-12(9)17/h3-4,6-8H,5H2,1-2H3. The van der Waals surface area contributed by atoms with Gasteiger partial charge in [-0.25, -0.2) is 9.18 Å². The zero-order valence-electron chi connectivity index (χ0n) is 11.5. The summed E-state index contributed by atoms with van der Waals surface area (Å²) in [4.78, 5) is 15.9. The second-order valence-corrected chi connectivity index (χ2v) is 4.72. The van der Waals surface area contributed by atoms with Gasteiger partial charge in [-0.1, -0.05) is 11.6 Å². The van der Waals surface area contributed by atoms with E-state index in [1.807, 2.05) is 0 Å². The molecule has 21 heavy (non-hydrogen) atoms. The number of pyridine rings is 1. The number of esters is 1. The Bertz CT molecular complexity index is 676. The van der Waals surface area contributed by atoms with Gasteiger partial charge < -0.3 is 9.47 Å². The van der Waals surface area contributed by atoms with Gasteiger partial charge >= 0.3 is 5.97 Å². The fourth-order valence-electron chi connectivity index (χ4n) is 1.99. The lowest BCUT2D eigenvalue weighted by molar-refractivity contribution is 0.0595. The molecule has 0 aliphatic carbocycles. The van der Waals surface area contributed by atoms with Crippen molar-refractivity contribution in [2.45, 2.75) is 6.42 Å². The molecule has 0 atom stereocenters. The zero-order valence-corrected chi connectivity index (χ0v) is 12.3. The zero-order chi connectivity index (χ0) is 15.4. The molecule has 0 bridgehead atoms. The van der Waals surface area contributed by atoms with Crippen LogP contribution in [0, 0.1) is 5.82 Å². The number of hydrogen-bond donors (Lipinski definition) is 0. The first-order valence-corrected chi connectivity index (χ1v) is 6.47. The lowest BCUT2D eigenvalue weighted by Gasteiger charge is -2.12. The molecule has 0 fully saturated rings. The molecule has 2 aromatic rings. The minimum atomic E-state index is -0.563. The van der Waals surface area contributed by atoms with Crippen molar-refractivity contribution in [1.29, 1.82) is 0 Å². The van der Waals surface area contributed by atoms with Crippen molar-refractivity contribution in [3.05, 3.63) is 58.1 Å². The number of rotatable bonds is 4. The molecule has 0 radical (unpaired) electrons. The van der Waals surface area contributed by atoms with Crippen LogP contribution in [0.15, 0.2) is 30.6 Å². The minimum absolute atomic E-state index is 0.154. The van der Waals surface area contributed by atoms with Crippen molar-refractivity contribution in [3.63, 3.8) is 0 Å². The number of carbonyl (C=O) groups is 1. The monoisotopic (exact) mass is 309 g/mol. The quantitative estimate of drug-likeness (QED) is 0.813. The average Bonchev–Trinajstić information content (AvgIpc) is 2.49.